The van der Waals surface area contributed by atoms with Crippen molar-refractivity contribution < 1.29 is 37.1 Å². The molecular formula is C23H18F4N4O4. The molecule has 2 aromatic carbocycles. The Morgan fingerprint density at radius 3 is 2.31 bits per heavy atom. The van der Waals surface area contributed by atoms with Crippen LogP contribution in [0.4, 0.5) is 23.4 Å². The molecule has 0 radical (unpaired) electrons. The molecule has 2 N–H and O–H groups in total. The number of nitrogens with zero attached hydrogens (tertiary/aromatic N) is 3. The highest BCUT2D eigenvalue weighted by Gasteiger charge is 2.45. The van der Waals surface area contributed by atoms with Crippen LogP contribution in [0.15, 0.2) is 48.5 Å². The monoisotopic (exact) mass is 490 g/mol. The number of halogens is 4. The number of aromatic nitrogens is 2. The average Bonchev–Trinajstić information content (AvgIpc) is 3.38. The molecular weight excluding hydrogens is 472 g/mol. The van der Waals surface area contributed by atoms with Gasteiger partial charge in [-0.05, 0) is 36.8 Å². The summed E-state index contributed by atoms with van der Waals surface area (Å²) >= 11 is 0. The van der Waals surface area contributed by atoms with Gasteiger partial charge in [0, 0.05) is 6.54 Å². The standard InChI is InChI=1S/C23H18F4N4O4/c1-12(13-6-8-14(9-7-13)22(34)35)28-19(32)17-18(23(25,26)27)29-31-11-10-30(20(17)31)21(33)15-4-2-3-5-16(15)24/h2-9,12H,10-11H2,1H3,(H,28,32)(H,34,35). The fourth-order valence-corrected chi connectivity index (χ4v) is 3.84. The molecule has 0 saturated heterocycles. The van der Waals surface area contributed by atoms with Crippen LogP contribution >= 0.6 is 0 Å². The van der Waals surface area contributed by atoms with Gasteiger partial charge in [-0.2, -0.15) is 18.3 Å². The van der Waals surface area contributed by atoms with Gasteiger partial charge in [0.15, 0.2) is 5.69 Å². The smallest absolute Gasteiger partial charge is 0.436 e. The van der Waals surface area contributed by atoms with Gasteiger partial charge in [-0.3, -0.25) is 14.5 Å². The number of amides is 2. The lowest BCUT2D eigenvalue weighted by Crippen LogP contribution is -2.34. The molecule has 0 spiro atoms. The van der Waals surface area contributed by atoms with Gasteiger partial charge >= 0.3 is 12.1 Å². The van der Waals surface area contributed by atoms with Crippen LogP contribution in [0.3, 0.4) is 0 Å². The maximum atomic E-state index is 14.2. The highest BCUT2D eigenvalue weighted by atomic mass is 19.4. The SMILES string of the molecule is CC(NC(=O)c1c(C(F)(F)F)nn2c1N(C(=O)c1ccccc1F)CC2)c1ccc(C(=O)O)cc1. The number of carbonyl (C=O) groups excluding carboxylic acids is 2. The predicted molar refractivity (Wildman–Crippen MR) is 115 cm³/mol. The van der Waals surface area contributed by atoms with Crippen molar-refractivity contribution in [3.05, 3.63) is 82.3 Å². The quantitative estimate of drug-likeness (QED) is 0.528. The van der Waals surface area contributed by atoms with Crippen LogP contribution in [0.2, 0.25) is 0 Å². The number of nitrogens with one attached hydrogen (secondary N) is 1. The second kappa shape index (κ2) is 8.85. The first kappa shape index (κ1) is 23.9. The highest BCUT2D eigenvalue weighted by molar-refractivity contribution is 6.11. The highest BCUT2D eigenvalue weighted by Crippen LogP contribution is 2.39. The van der Waals surface area contributed by atoms with E-state index in [9.17, 15) is 31.9 Å². The van der Waals surface area contributed by atoms with Crippen LogP contribution < -0.4 is 10.2 Å². The summed E-state index contributed by atoms with van der Waals surface area (Å²) in [4.78, 5) is 38.0. The number of carboxylic acids is 1. The zero-order chi connectivity index (χ0) is 25.5. The number of rotatable bonds is 5. The fourth-order valence-electron chi connectivity index (χ4n) is 3.84. The molecule has 2 heterocycles. The Morgan fingerprint density at radius 1 is 1.06 bits per heavy atom. The zero-order valence-corrected chi connectivity index (χ0v) is 18.1. The summed E-state index contributed by atoms with van der Waals surface area (Å²) in [6, 6.07) is 9.67. The lowest BCUT2D eigenvalue weighted by Gasteiger charge is -2.20. The minimum Gasteiger partial charge on any atom is -0.478 e. The summed E-state index contributed by atoms with van der Waals surface area (Å²) in [5, 5.41) is 15.0. The Balaban J connectivity index is 1.70. The summed E-state index contributed by atoms with van der Waals surface area (Å²) in [6.07, 6.45) is -5.00. The lowest BCUT2D eigenvalue weighted by molar-refractivity contribution is -0.141. The van der Waals surface area contributed by atoms with Crippen molar-refractivity contribution in [2.75, 3.05) is 11.4 Å². The predicted octanol–water partition coefficient (Wildman–Crippen LogP) is 3.89. The molecule has 0 fully saturated rings. The van der Waals surface area contributed by atoms with E-state index in [1.165, 1.54) is 49.4 Å². The van der Waals surface area contributed by atoms with Gasteiger partial charge < -0.3 is 10.4 Å². The van der Waals surface area contributed by atoms with E-state index in [0.717, 1.165) is 15.6 Å². The molecule has 1 aliphatic heterocycles. The van der Waals surface area contributed by atoms with Crippen LogP contribution in [0.25, 0.3) is 0 Å². The molecule has 35 heavy (non-hydrogen) atoms. The Hall–Kier alpha value is -4.22. The number of aromatic carboxylic acids is 1. The molecule has 12 heteroatoms. The molecule has 0 saturated carbocycles. The van der Waals surface area contributed by atoms with Gasteiger partial charge in [-0.15, -0.1) is 0 Å². The zero-order valence-electron chi connectivity index (χ0n) is 18.1. The molecule has 0 aliphatic carbocycles. The van der Waals surface area contributed by atoms with Gasteiger partial charge in [0.2, 0.25) is 0 Å². The van der Waals surface area contributed by atoms with E-state index in [1.54, 1.807) is 0 Å². The van der Waals surface area contributed by atoms with Crippen LogP contribution in [-0.2, 0) is 12.7 Å². The van der Waals surface area contributed by atoms with E-state index in [1.807, 2.05) is 0 Å². The molecule has 1 aliphatic rings. The van der Waals surface area contributed by atoms with E-state index in [2.05, 4.69) is 10.4 Å². The number of hydrogen-bond acceptors (Lipinski definition) is 4. The third-order valence-corrected chi connectivity index (χ3v) is 5.57. The summed E-state index contributed by atoms with van der Waals surface area (Å²) in [6.45, 7) is 1.30. The molecule has 2 amide bonds. The van der Waals surface area contributed by atoms with Gasteiger partial charge in [0.05, 0.1) is 23.7 Å². The third kappa shape index (κ3) is 4.46. The Morgan fingerprint density at radius 2 is 1.71 bits per heavy atom. The van der Waals surface area contributed by atoms with Gasteiger partial charge in [-0.25, -0.2) is 13.9 Å². The summed E-state index contributed by atoms with van der Waals surface area (Å²) in [5.74, 6) is -4.42. The van der Waals surface area contributed by atoms with Crippen molar-refractivity contribution in [2.24, 2.45) is 0 Å². The number of anilines is 1. The summed E-state index contributed by atoms with van der Waals surface area (Å²) in [7, 11) is 0. The lowest BCUT2D eigenvalue weighted by atomic mass is 10.1. The maximum absolute atomic E-state index is 14.2. The largest absolute Gasteiger partial charge is 0.478 e. The second-order valence-corrected chi connectivity index (χ2v) is 7.83. The topological polar surface area (TPSA) is 105 Å². The second-order valence-electron chi connectivity index (χ2n) is 7.83. The van der Waals surface area contributed by atoms with Crippen LogP contribution in [0.1, 0.15) is 55.3 Å². The molecule has 3 aromatic rings. The van der Waals surface area contributed by atoms with Gasteiger partial charge in [0.25, 0.3) is 11.8 Å². The van der Waals surface area contributed by atoms with Crippen LogP contribution in [-0.4, -0.2) is 39.2 Å². The van der Waals surface area contributed by atoms with Crippen molar-refractivity contribution in [3.8, 4) is 0 Å². The van der Waals surface area contributed by atoms with Crippen molar-refractivity contribution in [1.82, 2.24) is 15.1 Å². The maximum Gasteiger partial charge on any atom is 0.436 e. The number of alkyl halides is 3. The number of fused-ring (bicyclic) bond motifs is 1. The third-order valence-electron chi connectivity index (χ3n) is 5.57. The first-order valence-corrected chi connectivity index (χ1v) is 10.4. The average molecular weight is 490 g/mol. The first-order valence-electron chi connectivity index (χ1n) is 10.4. The molecule has 1 atom stereocenters. The molecule has 4 rings (SSSR count). The fraction of sp³-hybridized carbons (Fsp3) is 0.217. The Bertz CT molecular complexity index is 1320. The minimum atomic E-state index is -5.00. The van der Waals surface area contributed by atoms with Gasteiger partial charge in [0.1, 0.15) is 17.2 Å². The van der Waals surface area contributed by atoms with Crippen LogP contribution in [0, 0.1) is 5.82 Å². The molecule has 1 unspecified atom stereocenters. The molecule has 8 nitrogen and oxygen atoms in total. The molecule has 182 valence electrons. The minimum absolute atomic E-state index is 0.00314. The Kier molecular flexibility index (Phi) is 6.05. The van der Waals surface area contributed by atoms with E-state index >= 15 is 0 Å². The number of hydrogen-bond donors (Lipinski definition) is 2. The molecule has 0 bridgehead atoms. The van der Waals surface area contributed by atoms with Gasteiger partial charge in [-0.1, -0.05) is 24.3 Å². The van der Waals surface area contributed by atoms with Crippen molar-refractivity contribution in [3.63, 3.8) is 0 Å². The van der Waals surface area contributed by atoms with E-state index in [-0.39, 0.29) is 30.0 Å². The van der Waals surface area contributed by atoms with E-state index in [4.69, 9.17) is 5.11 Å². The van der Waals surface area contributed by atoms with Crippen molar-refractivity contribution >= 4 is 23.6 Å². The Labute approximate surface area is 195 Å². The van der Waals surface area contributed by atoms with Crippen LogP contribution in [0.5, 0.6) is 0 Å². The van der Waals surface area contributed by atoms with Crippen molar-refractivity contribution in [1.29, 1.82) is 0 Å². The normalized spacial score (nSPS) is 13.9. The van der Waals surface area contributed by atoms with Crippen molar-refractivity contribution in [2.45, 2.75) is 25.7 Å². The number of carbonyl (C=O) groups is 3. The summed E-state index contributed by atoms with van der Waals surface area (Å²) < 4.78 is 56.5. The van der Waals surface area contributed by atoms with E-state index in [0.29, 0.717) is 5.56 Å². The number of carboxylic acid groups (broad SMARTS) is 1. The molecule has 1 aromatic heterocycles. The van der Waals surface area contributed by atoms with E-state index < -0.39 is 47.1 Å². The number of benzene rings is 2. The summed E-state index contributed by atoms with van der Waals surface area (Å²) in [5.41, 5.74) is -2.23. The first-order chi connectivity index (χ1) is 16.5.